The molecule has 1 aliphatic heterocycles. The van der Waals surface area contributed by atoms with E-state index in [9.17, 15) is 9.59 Å². The SMILES string of the molecule is CNC1=C(Sc2ccc(C)cc2)C(=O)N(C)C1=O. The summed E-state index contributed by atoms with van der Waals surface area (Å²) in [6.45, 7) is 2.00. The zero-order chi connectivity index (χ0) is 13.3. The number of benzene rings is 1. The number of hydrogen-bond donors (Lipinski definition) is 1. The van der Waals surface area contributed by atoms with E-state index in [4.69, 9.17) is 0 Å². The second kappa shape index (κ2) is 4.86. The van der Waals surface area contributed by atoms with Gasteiger partial charge < -0.3 is 5.32 Å². The number of carbonyl (C=O) groups excluding carboxylic acids is 2. The van der Waals surface area contributed by atoms with E-state index < -0.39 is 0 Å². The molecule has 0 aromatic heterocycles. The number of hydrogen-bond acceptors (Lipinski definition) is 4. The van der Waals surface area contributed by atoms with E-state index in [0.717, 1.165) is 15.4 Å². The van der Waals surface area contributed by atoms with Crippen LogP contribution in [0.3, 0.4) is 0 Å². The number of thioether (sulfide) groups is 1. The van der Waals surface area contributed by atoms with Crippen molar-refractivity contribution in [2.45, 2.75) is 11.8 Å². The minimum atomic E-state index is -0.280. The Labute approximate surface area is 110 Å². The highest BCUT2D eigenvalue weighted by Gasteiger charge is 2.35. The summed E-state index contributed by atoms with van der Waals surface area (Å²) in [6, 6.07) is 7.84. The van der Waals surface area contributed by atoms with Crippen molar-refractivity contribution >= 4 is 23.6 Å². The van der Waals surface area contributed by atoms with Gasteiger partial charge in [0.15, 0.2) is 0 Å². The molecule has 0 unspecified atom stereocenters. The molecule has 0 aliphatic carbocycles. The van der Waals surface area contributed by atoms with Crippen molar-refractivity contribution in [1.29, 1.82) is 0 Å². The summed E-state index contributed by atoms with van der Waals surface area (Å²) in [5.41, 5.74) is 1.53. The molecule has 2 rings (SSSR count). The number of nitrogens with one attached hydrogen (secondary N) is 1. The van der Waals surface area contributed by atoms with Crippen molar-refractivity contribution in [3.8, 4) is 0 Å². The lowest BCUT2D eigenvalue weighted by Crippen LogP contribution is -2.28. The van der Waals surface area contributed by atoms with Crippen LogP contribution in [0.1, 0.15) is 5.56 Å². The molecular formula is C13H14N2O2S. The summed E-state index contributed by atoms with van der Waals surface area (Å²) in [4.78, 5) is 26.2. The van der Waals surface area contributed by atoms with Gasteiger partial charge in [0.1, 0.15) is 10.6 Å². The molecule has 18 heavy (non-hydrogen) atoms. The highest BCUT2D eigenvalue weighted by Crippen LogP contribution is 2.33. The summed E-state index contributed by atoms with van der Waals surface area (Å²) >= 11 is 1.31. The van der Waals surface area contributed by atoms with Gasteiger partial charge in [0, 0.05) is 19.0 Å². The van der Waals surface area contributed by atoms with Gasteiger partial charge in [0.25, 0.3) is 11.8 Å². The third-order valence-corrected chi connectivity index (χ3v) is 3.83. The fourth-order valence-corrected chi connectivity index (χ4v) is 2.68. The molecule has 0 fully saturated rings. The lowest BCUT2D eigenvalue weighted by atomic mass is 10.2. The Morgan fingerprint density at radius 3 is 2.28 bits per heavy atom. The first kappa shape index (κ1) is 12.7. The van der Waals surface area contributed by atoms with Crippen LogP contribution in [0.25, 0.3) is 0 Å². The predicted molar refractivity (Wildman–Crippen MR) is 70.9 cm³/mol. The van der Waals surface area contributed by atoms with E-state index in [2.05, 4.69) is 5.32 Å². The minimum absolute atomic E-state index is 0.255. The summed E-state index contributed by atoms with van der Waals surface area (Å²) in [6.07, 6.45) is 0. The lowest BCUT2D eigenvalue weighted by Gasteiger charge is -2.05. The van der Waals surface area contributed by atoms with Crippen molar-refractivity contribution in [2.24, 2.45) is 0 Å². The fraction of sp³-hybridized carbons (Fsp3) is 0.231. The Morgan fingerprint density at radius 2 is 1.72 bits per heavy atom. The van der Waals surface area contributed by atoms with Crippen LogP contribution in [0.2, 0.25) is 0 Å². The number of likely N-dealkylation sites (N-methyl/N-ethyl adjacent to an activating group) is 2. The molecule has 1 N–H and O–H groups in total. The van der Waals surface area contributed by atoms with Gasteiger partial charge in [0.05, 0.1) is 0 Å². The molecule has 4 nitrogen and oxygen atoms in total. The molecule has 2 amide bonds. The van der Waals surface area contributed by atoms with Crippen molar-refractivity contribution < 1.29 is 9.59 Å². The second-order valence-electron chi connectivity index (χ2n) is 4.04. The normalized spacial score (nSPS) is 15.6. The Morgan fingerprint density at radius 1 is 1.11 bits per heavy atom. The summed E-state index contributed by atoms with van der Waals surface area (Å²) < 4.78 is 0. The highest BCUT2D eigenvalue weighted by molar-refractivity contribution is 8.04. The van der Waals surface area contributed by atoms with Crippen LogP contribution in [0.15, 0.2) is 39.8 Å². The molecule has 0 saturated heterocycles. The molecule has 1 aromatic rings. The first-order valence-corrected chi connectivity index (χ1v) is 6.35. The van der Waals surface area contributed by atoms with Crippen molar-refractivity contribution in [3.05, 3.63) is 40.4 Å². The van der Waals surface area contributed by atoms with Crippen LogP contribution >= 0.6 is 11.8 Å². The average molecular weight is 262 g/mol. The van der Waals surface area contributed by atoms with Crippen LogP contribution in [-0.4, -0.2) is 30.8 Å². The molecule has 94 valence electrons. The van der Waals surface area contributed by atoms with E-state index in [1.54, 1.807) is 7.05 Å². The lowest BCUT2D eigenvalue weighted by molar-refractivity contribution is -0.135. The van der Waals surface area contributed by atoms with Gasteiger partial charge in [-0.1, -0.05) is 29.5 Å². The van der Waals surface area contributed by atoms with E-state index in [0.29, 0.717) is 10.6 Å². The molecule has 0 bridgehead atoms. The second-order valence-corrected chi connectivity index (χ2v) is 5.12. The Bertz CT molecular complexity index is 534. The average Bonchev–Trinajstić information content (AvgIpc) is 2.57. The summed E-state index contributed by atoms with van der Waals surface area (Å²) in [5, 5.41) is 2.80. The number of amides is 2. The number of rotatable bonds is 3. The molecular weight excluding hydrogens is 248 g/mol. The first-order chi connectivity index (χ1) is 8.54. The van der Waals surface area contributed by atoms with Crippen LogP contribution in [0, 0.1) is 6.92 Å². The third kappa shape index (κ3) is 2.13. The maximum atomic E-state index is 11.9. The Balaban J connectivity index is 2.32. The maximum Gasteiger partial charge on any atom is 0.277 e. The molecule has 0 saturated carbocycles. The standard InChI is InChI=1S/C13H14N2O2S/c1-8-4-6-9(7-5-8)18-11-10(14-2)12(16)15(3)13(11)17/h4-7,14H,1-3H3. The highest BCUT2D eigenvalue weighted by atomic mass is 32.2. The van der Waals surface area contributed by atoms with E-state index in [1.807, 2.05) is 31.2 Å². The summed E-state index contributed by atoms with van der Waals surface area (Å²) in [5.74, 6) is -0.535. The molecule has 1 aromatic carbocycles. The van der Waals surface area contributed by atoms with Gasteiger partial charge in [-0.25, -0.2) is 0 Å². The monoisotopic (exact) mass is 262 g/mol. The Kier molecular flexibility index (Phi) is 3.43. The van der Waals surface area contributed by atoms with E-state index in [1.165, 1.54) is 18.8 Å². The quantitative estimate of drug-likeness (QED) is 0.839. The van der Waals surface area contributed by atoms with E-state index >= 15 is 0 Å². The Hall–Kier alpha value is -1.75. The van der Waals surface area contributed by atoms with Crippen molar-refractivity contribution in [3.63, 3.8) is 0 Å². The van der Waals surface area contributed by atoms with Crippen LogP contribution in [-0.2, 0) is 9.59 Å². The number of imide groups is 1. The van der Waals surface area contributed by atoms with Crippen LogP contribution < -0.4 is 5.32 Å². The predicted octanol–water partition coefficient (Wildman–Crippen LogP) is 1.52. The van der Waals surface area contributed by atoms with Gasteiger partial charge in [-0.15, -0.1) is 0 Å². The zero-order valence-electron chi connectivity index (χ0n) is 10.5. The molecule has 0 atom stereocenters. The smallest absolute Gasteiger partial charge is 0.277 e. The topological polar surface area (TPSA) is 49.4 Å². The van der Waals surface area contributed by atoms with Crippen molar-refractivity contribution in [2.75, 3.05) is 14.1 Å². The molecule has 0 radical (unpaired) electrons. The molecule has 1 heterocycles. The minimum Gasteiger partial charge on any atom is -0.383 e. The first-order valence-electron chi connectivity index (χ1n) is 5.53. The fourth-order valence-electron chi connectivity index (χ4n) is 1.66. The third-order valence-electron chi connectivity index (χ3n) is 2.74. The van der Waals surface area contributed by atoms with Crippen molar-refractivity contribution in [1.82, 2.24) is 10.2 Å². The largest absolute Gasteiger partial charge is 0.383 e. The van der Waals surface area contributed by atoms with Gasteiger partial charge in [0.2, 0.25) is 0 Å². The molecule has 1 aliphatic rings. The summed E-state index contributed by atoms with van der Waals surface area (Å²) in [7, 11) is 3.14. The maximum absolute atomic E-state index is 11.9. The van der Waals surface area contributed by atoms with Crippen LogP contribution in [0.5, 0.6) is 0 Å². The molecule has 0 spiro atoms. The van der Waals surface area contributed by atoms with E-state index in [-0.39, 0.29) is 11.8 Å². The van der Waals surface area contributed by atoms with Gasteiger partial charge in [-0.2, -0.15) is 0 Å². The number of aryl methyl sites for hydroxylation is 1. The van der Waals surface area contributed by atoms with Crippen LogP contribution in [0.4, 0.5) is 0 Å². The van der Waals surface area contributed by atoms with Gasteiger partial charge in [-0.3, -0.25) is 14.5 Å². The molecule has 5 heteroatoms. The number of carbonyl (C=O) groups is 2. The van der Waals surface area contributed by atoms with Gasteiger partial charge in [-0.05, 0) is 19.1 Å². The number of nitrogens with zero attached hydrogens (tertiary/aromatic N) is 1. The zero-order valence-corrected chi connectivity index (χ0v) is 11.3. The van der Waals surface area contributed by atoms with Gasteiger partial charge >= 0.3 is 0 Å².